The molecule has 0 unspecified atom stereocenters. The number of benzene rings is 6. The molecule has 0 saturated carbocycles. The maximum Gasteiger partial charge on any atom is 0.494 e. The Morgan fingerprint density at radius 3 is 0.565 bits per heavy atom. The molecule has 62 heavy (non-hydrogen) atoms. The summed E-state index contributed by atoms with van der Waals surface area (Å²) in [6, 6.07) is 26.7. The fourth-order valence-corrected chi connectivity index (χ4v) is 9.35. The highest BCUT2D eigenvalue weighted by molar-refractivity contribution is 6.65. The predicted octanol–water partition coefficient (Wildman–Crippen LogP) is 8.65. The highest BCUT2D eigenvalue weighted by Crippen LogP contribution is 2.46. The molecule has 0 bridgehead atoms. The predicted molar refractivity (Wildman–Crippen MR) is 257 cm³/mol. The summed E-state index contributed by atoms with van der Waals surface area (Å²) in [5, 5.41) is 11.1. The molecule has 0 aliphatic carbocycles. The van der Waals surface area contributed by atoms with Gasteiger partial charge in [0.1, 0.15) is 0 Å². The van der Waals surface area contributed by atoms with Crippen molar-refractivity contribution in [1.82, 2.24) is 0 Å². The molecular formula is C50H60B4O8. The molecule has 10 rings (SSSR count). The maximum atomic E-state index is 6.68. The SMILES string of the molecule is CC1(C)OB(c2ccc3c4ccc(B5OC(C)(C)C(C)(C)O5)cc4c4c5cc(B6OC(C)(C)C(C)(C)O6)ccc5c5ccc(B6OC(C)(C)C(C)(C)O6)cc5c4c3c2)OC1(C)C. The molecule has 0 amide bonds. The molecule has 6 aromatic rings. The average Bonchev–Trinajstić information content (AvgIpc) is 3.73. The Kier molecular flexibility index (Phi) is 8.98. The van der Waals surface area contributed by atoms with Crippen molar-refractivity contribution in [1.29, 1.82) is 0 Å². The lowest BCUT2D eigenvalue weighted by Crippen LogP contribution is -2.41. The first kappa shape index (κ1) is 42.5. The molecule has 8 nitrogen and oxygen atoms in total. The van der Waals surface area contributed by atoms with Crippen molar-refractivity contribution in [3.63, 3.8) is 0 Å². The summed E-state index contributed by atoms with van der Waals surface area (Å²) in [7, 11) is -2.16. The van der Waals surface area contributed by atoms with Gasteiger partial charge in [0.25, 0.3) is 0 Å². The van der Waals surface area contributed by atoms with Gasteiger partial charge in [0.05, 0.1) is 44.8 Å². The Morgan fingerprint density at radius 1 is 0.242 bits per heavy atom. The third-order valence-electron chi connectivity index (χ3n) is 16.2. The van der Waals surface area contributed by atoms with Crippen LogP contribution in [-0.2, 0) is 37.2 Å². The quantitative estimate of drug-likeness (QED) is 0.129. The molecule has 4 saturated heterocycles. The van der Waals surface area contributed by atoms with Crippen molar-refractivity contribution in [3.8, 4) is 0 Å². The third-order valence-corrected chi connectivity index (χ3v) is 16.2. The van der Waals surface area contributed by atoms with Crippen LogP contribution in [0, 0.1) is 0 Å². The van der Waals surface area contributed by atoms with Gasteiger partial charge in [-0.3, -0.25) is 0 Å². The van der Waals surface area contributed by atoms with Crippen LogP contribution in [0.15, 0.2) is 72.8 Å². The molecule has 4 aliphatic heterocycles. The molecule has 6 aromatic carbocycles. The zero-order valence-electron chi connectivity index (χ0n) is 39.5. The number of fused-ring (bicyclic) bond motifs is 11. The summed E-state index contributed by atoms with van der Waals surface area (Å²) in [4.78, 5) is 0. The third kappa shape index (κ3) is 6.14. The van der Waals surface area contributed by atoms with E-state index < -0.39 is 73.3 Å². The van der Waals surface area contributed by atoms with Crippen molar-refractivity contribution >= 4 is 104 Å². The minimum absolute atomic E-state index is 0.494. The van der Waals surface area contributed by atoms with E-state index in [0.717, 1.165) is 75.7 Å². The van der Waals surface area contributed by atoms with Crippen LogP contribution in [0.25, 0.3) is 53.9 Å². The van der Waals surface area contributed by atoms with E-state index in [2.05, 4.69) is 184 Å². The topological polar surface area (TPSA) is 73.8 Å². The van der Waals surface area contributed by atoms with Gasteiger partial charge in [0.15, 0.2) is 0 Å². The van der Waals surface area contributed by atoms with E-state index >= 15 is 0 Å². The largest absolute Gasteiger partial charge is 0.494 e. The Morgan fingerprint density at radius 2 is 0.403 bits per heavy atom. The van der Waals surface area contributed by atoms with Crippen molar-refractivity contribution in [2.75, 3.05) is 0 Å². The molecule has 0 N–H and O–H groups in total. The fraction of sp³-hybridized carbons (Fsp3) is 0.480. The van der Waals surface area contributed by atoms with Crippen molar-refractivity contribution in [2.45, 2.75) is 156 Å². The van der Waals surface area contributed by atoms with Crippen LogP contribution < -0.4 is 21.9 Å². The molecular weight excluding hydrogens is 772 g/mol. The van der Waals surface area contributed by atoms with Crippen LogP contribution in [0.4, 0.5) is 0 Å². The Hall–Kier alpha value is -3.44. The molecule has 0 radical (unpaired) electrons. The van der Waals surface area contributed by atoms with Gasteiger partial charge in [0, 0.05) is 0 Å². The van der Waals surface area contributed by atoms with Gasteiger partial charge < -0.3 is 37.2 Å². The Bertz CT molecular complexity index is 2430. The molecule has 320 valence electrons. The molecule has 0 spiro atoms. The van der Waals surface area contributed by atoms with Gasteiger partial charge in [-0.25, -0.2) is 0 Å². The standard InChI is InChI=1S/C50H60B4O8/c1-43(2)44(3,4)56-51(55-43)29-17-21-33-34-22-18-31(53-59-47(9,10)48(11,12)60-53)27-39(34)42-40-28-32(54-61-49(13,14)50(15,16)62-54)20-24-36(40)35-23-19-30(26-38(35)41(42)37(33)25-29)52-57-45(5,6)46(7,8)58-52/h17-28H,1-16H3. The van der Waals surface area contributed by atoms with E-state index in [9.17, 15) is 0 Å². The van der Waals surface area contributed by atoms with Crippen molar-refractivity contribution in [2.24, 2.45) is 0 Å². The molecule has 12 heteroatoms. The fourth-order valence-electron chi connectivity index (χ4n) is 9.35. The van der Waals surface area contributed by atoms with Gasteiger partial charge in [-0.1, -0.05) is 72.8 Å². The van der Waals surface area contributed by atoms with E-state index in [1.54, 1.807) is 0 Å². The highest BCUT2D eigenvalue weighted by Gasteiger charge is 2.55. The van der Waals surface area contributed by atoms with Gasteiger partial charge >= 0.3 is 28.5 Å². The minimum Gasteiger partial charge on any atom is -0.399 e. The minimum atomic E-state index is -0.539. The van der Waals surface area contributed by atoms with Gasteiger partial charge in [0.2, 0.25) is 0 Å². The second kappa shape index (κ2) is 13.1. The van der Waals surface area contributed by atoms with E-state index in [1.807, 2.05) is 0 Å². The summed E-state index contributed by atoms with van der Waals surface area (Å²) in [6.45, 7) is 33.6. The summed E-state index contributed by atoms with van der Waals surface area (Å²) in [6.07, 6.45) is 0. The van der Waals surface area contributed by atoms with Crippen LogP contribution >= 0.6 is 0 Å². The lowest BCUT2D eigenvalue weighted by Gasteiger charge is -2.32. The molecule has 4 heterocycles. The van der Waals surface area contributed by atoms with E-state index in [4.69, 9.17) is 37.2 Å². The smallest absolute Gasteiger partial charge is 0.399 e. The first-order chi connectivity index (χ1) is 28.6. The van der Waals surface area contributed by atoms with Gasteiger partial charge in [-0.05, 0) is 186 Å². The lowest BCUT2D eigenvalue weighted by atomic mass is 9.73. The van der Waals surface area contributed by atoms with Crippen LogP contribution in [0.2, 0.25) is 0 Å². The lowest BCUT2D eigenvalue weighted by molar-refractivity contribution is 0.00578. The molecule has 4 aliphatic rings. The van der Waals surface area contributed by atoms with Crippen molar-refractivity contribution in [3.05, 3.63) is 72.8 Å². The first-order valence-electron chi connectivity index (χ1n) is 22.4. The summed E-state index contributed by atoms with van der Waals surface area (Å²) >= 11 is 0. The highest BCUT2D eigenvalue weighted by atomic mass is 16.7. The summed E-state index contributed by atoms with van der Waals surface area (Å²) in [5.41, 5.74) is -0.0890. The van der Waals surface area contributed by atoms with Gasteiger partial charge in [-0.15, -0.1) is 0 Å². The molecule has 0 aromatic heterocycles. The maximum absolute atomic E-state index is 6.68. The second-order valence-electron chi connectivity index (χ2n) is 22.3. The zero-order valence-corrected chi connectivity index (χ0v) is 39.5. The van der Waals surface area contributed by atoms with Crippen LogP contribution in [0.1, 0.15) is 111 Å². The van der Waals surface area contributed by atoms with Crippen LogP contribution in [0.3, 0.4) is 0 Å². The average molecular weight is 832 g/mol. The normalized spacial score (nSPS) is 24.2. The molecule has 0 atom stereocenters. The summed E-state index contributed by atoms with van der Waals surface area (Å²) < 4.78 is 53.5. The summed E-state index contributed by atoms with van der Waals surface area (Å²) in [5.74, 6) is 0. The van der Waals surface area contributed by atoms with Crippen LogP contribution in [0.5, 0.6) is 0 Å². The first-order valence-corrected chi connectivity index (χ1v) is 22.4. The zero-order chi connectivity index (χ0) is 44.5. The monoisotopic (exact) mass is 832 g/mol. The van der Waals surface area contributed by atoms with E-state index in [0.29, 0.717) is 0 Å². The van der Waals surface area contributed by atoms with E-state index in [1.165, 1.54) is 0 Å². The Balaban J connectivity index is 1.32. The number of hydrogen-bond acceptors (Lipinski definition) is 8. The van der Waals surface area contributed by atoms with Crippen molar-refractivity contribution < 1.29 is 37.2 Å². The van der Waals surface area contributed by atoms with E-state index in [-0.39, 0.29) is 0 Å². The van der Waals surface area contributed by atoms with Crippen LogP contribution in [-0.4, -0.2) is 73.3 Å². The van der Waals surface area contributed by atoms with Gasteiger partial charge in [-0.2, -0.15) is 0 Å². The number of rotatable bonds is 4. The molecule has 4 fully saturated rings. The second-order valence-corrected chi connectivity index (χ2v) is 22.3. The number of hydrogen-bond donors (Lipinski definition) is 0. The Labute approximate surface area is 368 Å².